The smallest absolute Gasteiger partial charge is 0.227 e. The van der Waals surface area contributed by atoms with Gasteiger partial charge in [-0.2, -0.15) is 5.10 Å². The second-order valence-corrected chi connectivity index (χ2v) is 8.87. The summed E-state index contributed by atoms with van der Waals surface area (Å²) in [7, 11) is 0. The summed E-state index contributed by atoms with van der Waals surface area (Å²) < 4.78 is 27.1. The van der Waals surface area contributed by atoms with Crippen LogP contribution >= 0.6 is 0 Å². The Hall–Kier alpha value is -2.74. The number of aromatic nitrogens is 2. The van der Waals surface area contributed by atoms with Crippen LogP contribution in [0.5, 0.6) is 11.6 Å². The monoisotopic (exact) mass is 453 g/mol. The topological polar surface area (TPSA) is 59.8 Å². The van der Waals surface area contributed by atoms with E-state index in [9.17, 15) is 9.50 Å². The average molecular weight is 454 g/mol. The number of benzene rings is 2. The van der Waals surface area contributed by atoms with Crippen molar-refractivity contribution in [1.82, 2.24) is 14.7 Å². The number of hydrogen-bond acceptors (Lipinski definition) is 5. The minimum Gasteiger partial charge on any atom is -0.439 e. The van der Waals surface area contributed by atoms with Crippen molar-refractivity contribution in [1.29, 1.82) is 0 Å². The van der Waals surface area contributed by atoms with Crippen LogP contribution < -0.4 is 4.74 Å². The minimum absolute atomic E-state index is 0.0797. The van der Waals surface area contributed by atoms with Crippen LogP contribution in [0.2, 0.25) is 0 Å². The standard InChI is InChI=1S/C26H32FN3O3/c1-18(2)32-17-23(31)15-29(21-11-12-21)16-25-19(3)28-30(22-7-5-4-6-8-22)26(25)33-24-13-9-20(27)10-14-24/h4-10,13-14,18,21,23,31H,11-12,15-17H2,1-3H3/t23-/m1/s1. The van der Waals surface area contributed by atoms with E-state index in [1.54, 1.807) is 16.8 Å². The molecular weight excluding hydrogens is 421 g/mol. The molecule has 0 bridgehead atoms. The fourth-order valence-electron chi connectivity index (χ4n) is 3.80. The van der Waals surface area contributed by atoms with Crippen molar-refractivity contribution in [2.75, 3.05) is 13.2 Å². The first-order chi connectivity index (χ1) is 15.9. The van der Waals surface area contributed by atoms with Crippen molar-refractivity contribution < 1.29 is 19.0 Å². The maximum Gasteiger partial charge on any atom is 0.227 e. The second-order valence-electron chi connectivity index (χ2n) is 8.87. The first-order valence-corrected chi connectivity index (χ1v) is 11.5. The van der Waals surface area contributed by atoms with Gasteiger partial charge < -0.3 is 14.6 Å². The SMILES string of the molecule is Cc1nn(-c2ccccc2)c(Oc2ccc(F)cc2)c1CN(C[C@@H](O)COC(C)C)C1CC1. The third-order valence-electron chi connectivity index (χ3n) is 5.66. The average Bonchev–Trinajstić information content (AvgIpc) is 3.60. The molecule has 7 heteroatoms. The Morgan fingerprint density at radius 3 is 2.45 bits per heavy atom. The number of aliphatic hydroxyl groups excluding tert-OH is 1. The van der Waals surface area contributed by atoms with Crippen molar-refractivity contribution in [3.63, 3.8) is 0 Å². The number of ether oxygens (including phenoxy) is 2. The van der Waals surface area contributed by atoms with Gasteiger partial charge in [0.25, 0.3) is 0 Å². The van der Waals surface area contributed by atoms with Crippen molar-refractivity contribution in [2.45, 2.75) is 58.4 Å². The number of rotatable bonds is 11. The molecule has 6 nitrogen and oxygen atoms in total. The number of para-hydroxylation sites is 1. The molecule has 1 aromatic heterocycles. The third kappa shape index (κ3) is 6.19. The summed E-state index contributed by atoms with van der Waals surface area (Å²) in [5, 5.41) is 15.3. The summed E-state index contributed by atoms with van der Waals surface area (Å²) in [6.45, 7) is 7.32. The van der Waals surface area contributed by atoms with Gasteiger partial charge in [-0.15, -0.1) is 0 Å². The van der Waals surface area contributed by atoms with Gasteiger partial charge in [-0.1, -0.05) is 18.2 Å². The van der Waals surface area contributed by atoms with Crippen LogP contribution in [0.3, 0.4) is 0 Å². The zero-order valence-electron chi connectivity index (χ0n) is 19.4. The van der Waals surface area contributed by atoms with Gasteiger partial charge in [-0.05, 0) is 70.0 Å². The summed E-state index contributed by atoms with van der Waals surface area (Å²) in [6, 6.07) is 16.2. The fraction of sp³-hybridized carbons (Fsp3) is 0.423. The third-order valence-corrected chi connectivity index (χ3v) is 5.66. The van der Waals surface area contributed by atoms with Gasteiger partial charge in [0.05, 0.1) is 35.8 Å². The van der Waals surface area contributed by atoms with Gasteiger partial charge >= 0.3 is 0 Å². The van der Waals surface area contributed by atoms with Gasteiger partial charge in [-0.3, -0.25) is 4.90 Å². The highest BCUT2D eigenvalue weighted by Crippen LogP contribution is 2.35. The molecule has 1 aliphatic rings. The van der Waals surface area contributed by atoms with E-state index in [-0.39, 0.29) is 11.9 Å². The van der Waals surface area contributed by atoms with Gasteiger partial charge in [0.2, 0.25) is 5.88 Å². The van der Waals surface area contributed by atoms with Gasteiger partial charge in [0.15, 0.2) is 0 Å². The quantitative estimate of drug-likeness (QED) is 0.449. The lowest BCUT2D eigenvalue weighted by Crippen LogP contribution is -2.36. The van der Waals surface area contributed by atoms with Crippen LogP contribution in [-0.2, 0) is 11.3 Å². The lowest BCUT2D eigenvalue weighted by Gasteiger charge is -2.25. The van der Waals surface area contributed by atoms with Crippen molar-refractivity contribution in [3.8, 4) is 17.3 Å². The number of nitrogens with zero attached hydrogens (tertiary/aromatic N) is 3. The highest BCUT2D eigenvalue weighted by Gasteiger charge is 2.32. The Morgan fingerprint density at radius 1 is 1.12 bits per heavy atom. The highest BCUT2D eigenvalue weighted by molar-refractivity contribution is 5.43. The van der Waals surface area contributed by atoms with E-state index in [0.717, 1.165) is 29.8 Å². The zero-order valence-corrected chi connectivity index (χ0v) is 19.4. The Labute approximate surface area is 194 Å². The number of aryl methyl sites for hydroxylation is 1. The van der Waals surface area contributed by atoms with Crippen LogP contribution in [0.4, 0.5) is 4.39 Å². The lowest BCUT2D eigenvalue weighted by atomic mass is 10.2. The van der Waals surface area contributed by atoms with E-state index in [2.05, 4.69) is 4.90 Å². The summed E-state index contributed by atoms with van der Waals surface area (Å²) >= 11 is 0. The van der Waals surface area contributed by atoms with Crippen LogP contribution in [-0.4, -0.2) is 51.2 Å². The Bertz CT molecular complexity index is 1030. The fourth-order valence-corrected chi connectivity index (χ4v) is 3.80. The molecule has 1 saturated carbocycles. The maximum atomic E-state index is 13.4. The van der Waals surface area contributed by atoms with Gasteiger partial charge in [0, 0.05) is 19.1 Å². The van der Waals surface area contributed by atoms with Crippen LogP contribution in [0.25, 0.3) is 5.69 Å². The molecular formula is C26H32FN3O3. The molecule has 0 amide bonds. The predicted molar refractivity (Wildman–Crippen MR) is 125 cm³/mol. The largest absolute Gasteiger partial charge is 0.439 e. The van der Waals surface area contributed by atoms with E-state index in [1.165, 1.54) is 12.1 Å². The molecule has 0 unspecified atom stereocenters. The maximum absolute atomic E-state index is 13.4. The van der Waals surface area contributed by atoms with Crippen LogP contribution in [0, 0.1) is 12.7 Å². The number of aliphatic hydroxyl groups is 1. The zero-order chi connectivity index (χ0) is 23.4. The highest BCUT2D eigenvalue weighted by atomic mass is 19.1. The van der Waals surface area contributed by atoms with Crippen LogP contribution in [0.15, 0.2) is 54.6 Å². The summed E-state index contributed by atoms with van der Waals surface area (Å²) in [5.41, 5.74) is 2.69. The summed E-state index contributed by atoms with van der Waals surface area (Å²) in [4.78, 5) is 2.28. The Kier molecular flexibility index (Phi) is 7.42. The normalized spacial score (nSPS) is 14.8. The molecule has 0 saturated heterocycles. The van der Waals surface area contributed by atoms with E-state index < -0.39 is 6.10 Å². The molecule has 4 rings (SSSR count). The van der Waals surface area contributed by atoms with Gasteiger partial charge in [-0.25, -0.2) is 9.07 Å². The van der Waals surface area contributed by atoms with Crippen LogP contribution in [0.1, 0.15) is 37.9 Å². The van der Waals surface area contributed by atoms with E-state index >= 15 is 0 Å². The molecule has 2 aromatic carbocycles. The summed E-state index contributed by atoms with van der Waals surface area (Å²) in [6.07, 6.45) is 1.73. The molecule has 1 fully saturated rings. The van der Waals surface area contributed by atoms with E-state index in [0.29, 0.717) is 37.4 Å². The number of hydrogen-bond donors (Lipinski definition) is 1. The van der Waals surface area contributed by atoms with E-state index in [4.69, 9.17) is 14.6 Å². The van der Waals surface area contributed by atoms with Crippen molar-refractivity contribution >= 4 is 0 Å². The first kappa shape index (κ1) is 23.4. The molecule has 1 aliphatic carbocycles. The predicted octanol–water partition coefficient (Wildman–Crippen LogP) is 4.86. The van der Waals surface area contributed by atoms with Crippen molar-refractivity contribution in [3.05, 3.63) is 71.7 Å². The minimum atomic E-state index is -0.570. The Morgan fingerprint density at radius 2 is 1.82 bits per heavy atom. The first-order valence-electron chi connectivity index (χ1n) is 11.5. The molecule has 176 valence electrons. The summed E-state index contributed by atoms with van der Waals surface area (Å²) in [5.74, 6) is 0.829. The Balaban J connectivity index is 1.63. The second kappa shape index (κ2) is 10.5. The van der Waals surface area contributed by atoms with E-state index in [1.807, 2.05) is 51.1 Å². The molecule has 33 heavy (non-hydrogen) atoms. The molecule has 0 radical (unpaired) electrons. The lowest BCUT2D eigenvalue weighted by molar-refractivity contribution is -0.0107. The molecule has 3 aromatic rings. The molecule has 1 heterocycles. The molecule has 1 atom stereocenters. The molecule has 0 spiro atoms. The molecule has 0 aliphatic heterocycles. The van der Waals surface area contributed by atoms with Gasteiger partial charge in [0.1, 0.15) is 11.6 Å². The molecule has 1 N–H and O–H groups in total. The number of halogens is 1. The van der Waals surface area contributed by atoms with Crippen molar-refractivity contribution in [2.24, 2.45) is 0 Å².